The van der Waals surface area contributed by atoms with Crippen LogP contribution in [-0.4, -0.2) is 36.1 Å². The van der Waals surface area contributed by atoms with Gasteiger partial charge in [-0.15, -0.1) is 11.3 Å². The molecule has 1 aromatic rings. The molecule has 1 aliphatic heterocycles. The summed E-state index contributed by atoms with van der Waals surface area (Å²) < 4.78 is 1.81. The molecule has 0 aromatic carbocycles. The highest BCUT2D eigenvalue weighted by atomic mass is 79.9. The van der Waals surface area contributed by atoms with Gasteiger partial charge in [0, 0.05) is 31.0 Å². The number of rotatable bonds is 3. The smallest absolute Gasteiger partial charge is 0.178 e. The third-order valence-corrected chi connectivity index (χ3v) is 5.42. The summed E-state index contributed by atoms with van der Waals surface area (Å²) in [5.41, 5.74) is 0.719. The van der Waals surface area contributed by atoms with Crippen molar-refractivity contribution in [2.45, 2.75) is 13.3 Å². The molecule has 0 radical (unpaired) electrons. The second-order valence-corrected chi connectivity index (χ2v) is 8.26. The van der Waals surface area contributed by atoms with E-state index >= 15 is 0 Å². The Balaban J connectivity index is 2.00. The van der Waals surface area contributed by atoms with E-state index in [4.69, 9.17) is 0 Å². The number of likely N-dealkylation sites (tertiary alicyclic amines) is 1. The van der Waals surface area contributed by atoms with E-state index in [1.54, 1.807) is 0 Å². The van der Waals surface area contributed by atoms with Crippen LogP contribution in [0.5, 0.6) is 0 Å². The predicted molar refractivity (Wildman–Crippen MR) is 79.3 cm³/mol. The maximum atomic E-state index is 12.2. The fraction of sp³-hybridized carbons (Fsp3) is 0.500. The number of hydrogen-bond donors (Lipinski definition) is 0. The number of carbonyl (C=O) groups is 2. The second kappa shape index (κ2) is 5.94. The van der Waals surface area contributed by atoms with E-state index in [2.05, 4.69) is 36.8 Å². The number of thiophene rings is 1. The molecule has 3 nitrogen and oxygen atoms in total. The summed E-state index contributed by atoms with van der Waals surface area (Å²) in [6, 6.07) is 1.84. The van der Waals surface area contributed by atoms with E-state index in [0.29, 0.717) is 31.8 Å². The van der Waals surface area contributed by atoms with Crippen LogP contribution in [0.4, 0.5) is 0 Å². The first kappa shape index (κ1) is 14.4. The lowest BCUT2D eigenvalue weighted by molar-refractivity contribution is -0.125. The monoisotopic (exact) mass is 393 g/mol. The van der Waals surface area contributed by atoms with Crippen molar-refractivity contribution < 1.29 is 9.59 Å². The van der Waals surface area contributed by atoms with Crippen molar-refractivity contribution in [1.29, 1.82) is 0 Å². The van der Waals surface area contributed by atoms with Gasteiger partial charge in [-0.3, -0.25) is 14.5 Å². The molecule has 1 unspecified atom stereocenters. The van der Waals surface area contributed by atoms with Crippen LogP contribution in [0.25, 0.3) is 0 Å². The van der Waals surface area contributed by atoms with Gasteiger partial charge in [0.05, 0.1) is 14.1 Å². The third kappa shape index (κ3) is 3.29. The zero-order valence-electron chi connectivity index (χ0n) is 9.91. The zero-order chi connectivity index (χ0) is 13.3. The van der Waals surface area contributed by atoms with E-state index in [-0.39, 0.29) is 11.7 Å². The molecule has 6 heteroatoms. The van der Waals surface area contributed by atoms with E-state index < -0.39 is 0 Å². The third-order valence-electron chi connectivity index (χ3n) is 3.08. The van der Waals surface area contributed by atoms with Crippen molar-refractivity contribution in [1.82, 2.24) is 4.90 Å². The lowest BCUT2D eigenvalue weighted by Crippen LogP contribution is -2.42. The molecule has 2 heterocycles. The lowest BCUT2D eigenvalue weighted by atomic mass is 9.98. The van der Waals surface area contributed by atoms with Gasteiger partial charge in [-0.25, -0.2) is 0 Å². The van der Waals surface area contributed by atoms with E-state index in [0.717, 1.165) is 13.1 Å². The van der Waals surface area contributed by atoms with Crippen LogP contribution in [0, 0.1) is 5.92 Å². The summed E-state index contributed by atoms with van der Waals surface area (Å²) in [6.45, 7) is 3.70. The first-order valence-corrected chi connectivity index (χ1v) is 8.10. The van der Waals surface area contributed by atoms with Gasteiger partial charge in [0.15, 0.2) is 5.78 Å². The van der Waals surface area contributed by atoms with Crippen LogP contribution >= 0.6 is 43.2 Å². The SMILES string of the molecule is CC1CN(CC(=O)c2cc(Br)sc2Br)CCC1=O. The summed E-state index contributed by atoms with van der Waals surface area (Å²) in [5.74, 6) is 0.452. The summed E-state index contributed by atoms with van der Waals surface area (Å²) >= 11 is 8.27. The maximum absolute atomic E-state index is 12.2. The Morgan fingerprint density at radius 1 is 1.56 bits per heavy atom. The summed E-state index contributed by atoms with van der Waals surface area (Å²) in [6.07, 6.45) is 0.558. The topological polar surface area (TPSA) is 37.4 Å². The molecule has 0 spiro atoms. The highest BCUT2D eigenvalue weighted by Gasteiger charge is 2.25. The molecule has 2 rings (SSSR count). The molecular weight excluding hydrogens is 382 g/mol. The lowest BCUT2D eigenvalue weighted by Gasteiger charge is -2.29. The van der Waals surface area contributed by atoms with Gasteiger partial charge < -0.3 is 0 Å². The van der Waals surface area contributed by atoms with Crippen LogP contribution in [-0.2, 0) is 4.79 Å². The van der Waals surface area contributed by atoms with Crippen molar-refractivity contribution in [2.75, 3.05) is 19.6 Å². The first-order valence-electron chi connectivity index (χ1n) is 5.70. The Labute approximate surface area is 127 Å². The molecule has 0 amide bonds. The number of nitrogens with zero attached hydrogens (tertiary/aromatic N) is 1. The number of ketones is 2. The molecule has 1 aromatic heterocycles. The van der Waals surface area contributed by atoms with Gasteiger partial charge in [0.2, 0.25) is 0 Å². The Morgan fingerprint density at radius 3 is 2.83 bits per heavy atom. The standard InChI is InChI=1S/C12H13Br2NO2S/c1-7-5-15(3-2-9(7)16)6-10(17)8-4-11(13)18-12(8)14/h4,7H,2-3,5-6H2,1H3. The average Bonchev–Trinajstić information content (AvgIpc) is 2.63. The minimum Gasteiger partial charge on any atom is -0.299 e. The Bertz CT molecular complexity index is 486. The van der Waals surface area contributed by atoms with E-state index in [9.17, 15) is 9.59 Å². The molecule has 0 saturated carbocycles. The maximum Gasteiger partial charge on any atom is 0.178 e. The molecule has 0 aliphatic carbocycles. The van der Waals surface area contributed by atoms with Crippen LogP contribution in [0.3, 0.4) is 0 Å². The van der Waals surface area contributed by atoms with Crippen LogP contribution in [0.15, 0.2) is 13.6 Å². The molecule has 18 heavy (non-hydrogen) atoms. The Kier molecular flexibility index (Phi) is 4.75. The number of piperidine rings is 1. The number of hydrogen-bond acceptors (Lipinski definition) is 4. The van der Waals surface area contributed by atoms with Crippen LogP contribution < -0.4 is 0 Å². The Morgan fingerprint density at radius 2 is 2.28 bits per heavy atom. The van der Waals surface area contributed by atoms with Gasteiger partial charge in [0.1, 0.15) is 5.78 Å². The van der Waals surface area contributed by atoms with Gasteiger partial charge >= 0.3 is 0 Å². The van der Waals surface area contributed by atoms with Gasteiger partial charge in [-0.2, -0.15) is 0 Å². The molecular formula is C12H13Br2NO2S. The zero-order valence-corrected chi connectivity index (χ0v) is 13.9. The minimum absolute atomic E-state index is 0.0456. The van der Waals surface area contributed by atoms with E-state index in [1.165, 1.54) is 11.3 Å². The number of halogens is 2. The number of Topliss-reactive ketones (excluding diaryl/α,β-unsaturated/α-hetero) is 2. The summed E-state index contributed by atoms with van der Waals surface area (Å²) in [4.78, 5) is 25.7. The van der Waals surface area contributed by atoms with Gasteiger partial charge in [0.25, 0.3) is 0 Å². The van der Waals surface area contributed by atoms with Gasteiger partial charge in [-0.1, -0.05) is 6.92 Å². The van der Waals surface area contributed by atoms with Crippen LogP contribution in [0.1, 0.15) is 23.7 Å². The molecule has 0 bridgehead atoms. The molecule has 0 N–H and O–H groups in total. The van der Waals surface area contributed by atoms with Crippen LogP contribution in [0.2, 0.25) is 0 Å². The molecule has 98 valence electrons. The average molecular weight is 395 g/mol. The largest absolute Gasteiger partial charge is 0.299 e. The van der Waals surface area contributed by atoms with Gasteiger partial charge in [-0.05, 0) is 37.9 Å². The van der Waals surface area contributed by atoms with Crippen molar-refractivity contribution in [3.63, 3.8) is 0 Å². The number of carbonyl (C=O) groups excluding carboxylic acids is 2. The van der Waals surface area contributed by atoms with Crippen molar-refractivity contribution in [2.24, 2.45) is 5.92 Å². The highest BCUT2D eigenvalue weighted by molar-refractivity contribution is 9.12. The summed E-state index contributed by atoms with van der Waals surface area (Å²) in [7, 11) is 0. The van der Waals surface area contributed by atoms with Crippen molar-refractivity contribution >= 4 is 54.8 Å². The predicted octanol–water partition coefficient (Wildman–Crippen LogP) is 3.37. The van der Waals surface area contributed by atoms with Crippen molar-refractivity contribution in [3.05, 3.63) is 19.2 Å². The highest BCUT2D eigenvalue weighted by Crippen LogP contribution is 2.32. The second-order valence-electron chi connectivity index (χ2n) is 4.51. The molecule has 1 aliphatic rings. The molecule has 1 atom stereocenters. The van der Waals surface area contributed by atoms with E-state index in [1.807, 2.05) is 13.0 Å². The first-order chi connectivity index (χ1) is 8.47. The molecule has 1 saturated heterocycles. The summed E-state index contributed by atoms with van der Waals surface area (Å²) in [5, 5.41) is 0. The quantitative estimate of drug-likeness (QED) is 0.737. The normalized spacial score (nSPS) is 21.3. The fourth-order valence-electron chi connectivity index (χ4n) is 2.06. The Hall–Kier alpha value is -0.0400. The molecule has 1 fully saturated rings. The minimum atomic E-state index is 0.0456. The fourth-order valence-corrected chi connectivity index (χ4v) is 4.91. The van der Waals surface area contributed by atoms with Crippen molar-refractivity contribution in [3.8, 4) is 0 Å².